The normalized spacial score (nSPS) is 18.7. The molecule has 0 aliphatic carbocycles. The van der Waals surface area contributed by atoms with Crippen LogP contribution >= 0.6 is 15.9 Å². The molecule has 1 unspecified atom stereocenters. The molecule has 9 heteroatoms. The Hall–Kier alpha value is -2.00. The molecule has 1 amide bonds. The monoisotopic (exact) mass is 428 g/mol. The summed E-state index contributed by atoms with van der Waals surface area (Å²) in [5.74, 6) is -0.551. The fraction of sp³-hybridized carbons (Fsp3) is 0.250. The zero-order chi connectivity index (χ0) is 18.0. The molecule has 1 aliphatic rings. The maximum Gasteiger partial charge on any atom is 0.257 e. The van der Waals surface area contributed by atoms with Gasteiger partial charge in [-0.05, 0) is 52.7 Å². The standard InChI is InChI=1S/C16H14BrFN2O4S/c17-13-8-10(18)3-4-14(13)24-16-12(2-1-6-19-16)15(21)20-11-5-7-25(22,23)9-11/h1-4,6,8,11H,5,7,9H2,(H,20,21). The number of benzene rings is 1. The first-order valence-corrected chi connectivity index (χ1v) is 10.0. The van der Waals surface area contributed by atoms with Crippen LogP contribution < -0.4 is 10.1 Å². The first-order chi connectivity index (χ1) is 11.8. The van der Waals surface area contributed by atoms with Gasteiger partial charge in [-0.2, -0.15) is 0 Å². The molecule has 2 aromatic rings. The highest BCUT2D eigenvalue weighted by molar-refractivity contribution is 9.10. The van der Waals surface area contributed by atoms with Crippen LogP contribution in [0.4, 0.5) is 4.39 Å². The fourth-order valence-electron chi connectivity index (χ4n) is 2.48. The first kappa shape index (κ1) is 17.8. The Balaban J connectivity index is 1.79. The van der Waals surface area contributed by atoms with E-state index in [-0.39, 0.29) is 22.9 Å². The van der Waals surface area contributed by atoms with E-state index < -0.39 is 27.6 Å². The molecule has 1 N–H and O–H groups in total. The number of ether oxygens (including phenoxy) is 1. The Bertz CT molecular complexity index is 920. The van der Waals surface area contributed by atoms with E-state index in [1.165, 1.54) is 30.5 Å². The maximum absolute atomic E-state index is 13.2. The van der Waals surface area contributed by atoms with Crippen molar-refractivity contribution in [3.63, 3.8) is 0 Å². The van der Waals surface area contributed by atoms with Crippen LogP contribution in [0, 0.1) is 5.82 Å². The third kappa shape index (κ3) is 4.35. The molecule has 1 aromatic carbocycles. The van der Waals surface area contributed by atoms with Crippen LogP contribution in [0.25, 0.3) is 0 Å². The number of carbonyl (C=O) groups excluding carboxylic acids is 1. The van der Waals surface area contributed by atoms with Gasteiger partial charge < -0.3 is 10.1 Å². The lowest BCUT2D eigenvalue weighted by atomic mass is 10.2. The van der Waals surface area contributed by atoms with Gasteiger partial charge in [0, 0.05) is 12.2 Å². The Morgan fingerprint density at radius 1 is 1.36 bits per heavy atom. The van der Waals surface area contributed by atoms with Crippen molar-refractivity contribution in [3.8, 4) is 11.6 Å². The average Bonchev–Trinajstić information content (AvgIpc) is 2.89. The minimum absolute atomic E-state index is 0.0492. The minimum atomic E-state index is -3.09. The smallest absolute Gasteiger partial charge is 0.257 e. The van der Waals surface area contributed by atoms with Crippen LogP contribution in [-0.2, 0) is 9.84 Å². The Morgan fingerprint density at radius 3 is 2.84 bits per heavy atom. The van der Waals surface area contributed by atoms with E-state index in [1.807, 2.05) is 0 Å². The first-order valence-electron chi connectivity index (χ1n) is 7.43. The summed E-state index contributed by atoms with van der Waals surface area (Å²) < 4.78 is 42.2. The van der Waals surface area contributed by atoms with E-state index >= 15 is 0 Å². The molecule has 1 atom stereocenters. The number of nitrogens with zero attached hydrogens (tertiary/aromatic N) is 1. The molecule has 1 saturated heterocycles. The number of hydrogen-bond donors (Lipinski definition) is 1. The maximum atomic E-state index is 13.2. The molecule has 2 heterocycles. The van der Waals surface area contributed by atoms with Gasteiger partial charge in [0.05, 0.1) is 16.0 Å². The molecule has 6 nitrogen and oxygen atoms in total. The molecular weight excluding hydrogens is 415 g/mol. The van der Waals surface area contributed by atoms with Crippen LogP contribution in [0.1, 0.15) is 16.8 Å². The molecule has 0 bridgehead atoms. The van der Waals surface area contributed by atoms with Crippen molar-refractivity contribution in [3.05, 3.63) is 52.4 Å². The van der Waals surface area contributed by atoms with E-state index in [4.69, 9.17) is 4.74 Å². The lowest BCUT2D eigenvalue weighted by Gasteiger charge is -2.14. The van der Waals surface area contributed by atoms with E-state index in [9.17, 15) is 17.6 Å². The van der Waals surface area contributed by atoms with E-state index in [0.29, 0.717) is 16.6 Å². The minimum Gasteiger partial charge on any atom is -0.437 e. The van der Waals surface area contributed by atoms with Crippen molar-refractivity contribution < 1.29 is 22.3 Å². The molecule has 0 spiro atoms. The summed E-state index contributed by atoms with van der Waals surface area (Å²) in [4.78, 5) is 16.5. The lowest BCUT2D eigenvalue weighted by molar-refractivity contribution is 0.0938. The number of amides is 1. The number of hydrogen-bond acceptors (Lipinski definition) is 5. The van der Waals surface area contributed by atoms with Gasteiger partial charge in [-0.25, -0.2) is 17.8 Å². The molecule has 1 fully saturated rings. The van der Waals surface area contributed by atoms with Crippen LogP contribution in [0.3, 0.4) is 0 Å². The third-order valence-corrected chi connectivity index (χ3v) is 6.07. The summed E-state index contributed by atoms with van der Waals surface area (Å²) in [5.41, 5.74) is 0.169. The summed E-state index contributed by atoms with van der Waals surface area (Å²) in [6.45, 7) is 0. The highest BCUT2D eigenvalue weighted by Gasteiger charge is 2.30. The third-order valence-electron chi connectivity index (χ3n) is 3.68. The van der Waals surface area contributed by atoms with Crippen molar-refractivity contribution in [2.24, 2.45) is 0 Å². The molecule has 25 heavy (non-hydrogen) atoms. The van der Waals surface area contributed by atoms with Crippen molar-refractivity contribution in [1.82, 2.24) is 10.3 Å². The number of pyridine rings is 1. The molecular formula is C16H14BrFN2O4S. The van der Waals surface area contributed by atoms with E-state index in [0.717, 1.165) is 0 Å². The van der Waals surface area contributed by atoms with Crippen molar-refractivity contribution in [1.29, 1.82) is 0 Å². The quantitative estimate of drug-likeness (QED) is 0.808. The second kappa shape index (κ2) is 7.09. The van der Waals surface area contributed by atoms with Gasteiger partial charge in [0.1, 0.15) is 17.1 Å². The van der Waals surface area contributed by atoms with E-state index in [1.54, 1.807) is 6.07 Å². The zero-order valence-corrected chi connectivity index (χ0v) is 15.3. The summed E-state index contributed by atoms with van der Waals surface area (Å²) in [5, 5.41) is 2.69. The molecule has 1 aliphatic heterocycles. The zero-order valence-electron chi connectivity index (χ0n) is 12.9. The Morgan fingerprint density at radius 2 is 2.16 bits per heavy atom. The van der Waals surface area contributed by atoms with Gasteiger partial charge in [0.15, 0.2) is 9.84 Å². The summed E-state index contributed by atoms with van der Waals surface area (Å²) >= 11 is 3.19. The van der Waals surface area contributed by atoms with Crippen LogP contribution in [-0.4, -0.2) is 36.9 Å². The predicted octanol–water partition coefficient (Wildman–Crippen LogP) is 2.69. The Labute approximate surface area is 152 Å². The lowest BCUT2D eigenvalue weighted by Crippen LogP contribution is -2.35. The summed E-state index contributed by atoms with van der Waals surface area (Å²) in [6, 6.07) is 6.56. The molecule has 1 aromatic heterocycles. The van der Waals surface area contributed by atoms with Crippen molar-refractivity contribution >= 4 is 31.7 Å². The average molecular weight is 429 g/mol. The van der Waals surface area contributed by atoms with E-state index in [2.05, 4.69) is 26.2 Å². The van der Waals surface area contributed by atoms with Gasteiger partial charge in [-0.3, -0.25) is 4.79 Å². The second-order valence-electron chi connectivity index (χ2n) is 5.61. The summed E-state index contributed by atoms with van der Waals surface area (Å²) in [7, 11) is -3.09. The van der Waals surface area contributed by atoms with Crippen LogP contribution in [0.15, 0.2) is 41.0 Å². The number of carbonyl (C=O) groups is 1. The number of sulfone groups is 1. The number of halogens is 2. The largest absolute Gasteiger partial charge is 0.437 e. The molecule has 132 valence electrons. The van der Waals surface area contributed by atoms with Crippen LogP contribution in [0.5, 0.6) is 11.6 Å². The van der Waals surface area contributed by atoms with Gasteiger partial charge in [-0.15, -0.1) is 0 Å². The van der Waals surface area contributed by atoms with Crippen molar-refractivity contribution in [2.45, 2.75) is 12.5 Å². The predicted molar refractivity (Wildman–Crippen MR) is 92.9 cm³/mol. The number of nitrogens with one attached hydrogen (secondary N) is 1. The number of aromatic nitrogens is 1. The highest BCUT2D eigenvalue weighted by atomic mass is 79.9. The number of rotatable bonds is 4. The van der Waals surface area contributed by atoms with Gasteiger partial charge in [0.25, 0.3) is 5.91 Å². The van der Waals surface area contributed by atoms with Crippen LogP contribution in [0.2, 0.25) is 0 Å². The molecule has 0 radical (unpaired) electrons. The van der Waals surface area contributed by atoms with Crippen molar-refractivity contribution in [2.75, 3.05) is 11.5 Å². The molecule has 3 rings (SSSR count). The van der Waals surface area contributed by atoms with Gasteiger partial charge in [-0.1, -0.05) is 0 Å². The topological polar surface area (TPSA) is 85.4 Å². The fourth-order valence-corrected chi connectivity index (χ4v) is 4.58. The summed E-state index contributed by atoms with van der Waals surface area (Å²) in [6.07, 6.45) is 1.84. The second-order valence-corrected chi connectivity index (χ2v) is 8.69. The highest BCUT2D eigenvalue weighted by Crippen LogP contribution is 2.30. The van der Waals surface area contributed by atoms with Gasteiger partial charge >= 0.3 is 0 Å². The Kier molecular flexibility index (Phi) is 5.05. The molecule has 0 saturated carbocycles. The van der Waals surface area contributed by atoms with Gasteiger partial charge in [0.2, 0.25) is 5.88 Å². The SMILES string of the molecule is O=C(NC1CCS(=O)(=O)C1)c1cccnc1Oc1ccc(F)cc1Br.